The van der Waals surface area contributed by atoms with Crippen molar-refractivity contribution in [2.24, 2.45) is 5.92 Å². The van der Waals surface area contributed by atoms with E-state index in [4.69, 9.17) is 5.11 Å². The molecule has 8 heteroatoms. The molecule has 1 aliphatic rings. The average molecular weight is 371 g/mol. The minimum Gasteiger partial charge on any atom is -0.395 e. The molecule has 2 amide bonds. The fraction of sp³-hybridized carbons (Fsp3) is 0.588. The topological polar surface area (TPSA) is 85.8 Å². The van der Waals surface area contributed by atoms with Gasteiger partial charge in [0.25, 0.3) is 11.8 Å². The van der Waals surface area contributed by atoms with Crippen LogP contribution in [-0.2, 0) is 0 Å². The fourth-order valence-electron chi connectivity index (χ4n) is 2.53. The summed E-state index contributed by atoms with van der Waals surface area (Å²) >= 11 is 0. The third-order valence-corrected chi connectivity index (χ3v) is 3.99. The highest BCUT2D eigenvalue weighted by molar-refractivity contribution is 5.96. The first-order valence-corrected chi connectivity index (χ1v) is 8.38. The predicted molar refractivity (Wildman–Crippen MR) is 98.1 cm³/mol. The van der Waals surface area contributed by atoms with Crippen LogP contribution in [0.25, 0.3) is 0 Å². The standard InChI is InChI=1S/C17H26N4O3.ClH/c1-13(2)11-19-16(23)14-3-4-15(18-12-14)17(24)21-7-5-20(6-8-21)9-10-22;/h3-4,12-13,22H,5-11H2,1-2H3,(H,19,23);1H. The number of aliphatic hydroxyl groups is 1. The molecule has 1 saturated heterocycles. The summed E-state index contributed by atoms with van der Waals surface area (Å²) < 4.78 is 0. The Bertz CT molecular complexity index is 558. The molecule has 2 heterocycles. The second-order valence-electron chi connectivity index (χ2n) is 6.39. The van der Waals surface area contributed by atoms with E-state index in [1.807, 2.05) is 13.8 Å². The zero-order chi connectivity index (χ0) is 17.5. The van der Waals surface area contributed by atoms with Crippen molar-refractivity contribution >= 4 is 24.2 Å². The summed E-state index contributed by atoms with van der Waals surface area (Å²) in [6.45, 7) is 8.19. The summed E-state index contributed by atoms with van der Waals surface area (Å²) in [5.74, 6) is 0.0906. The van der Waals surface area contributed by atoms with Gasteiger partial charge in [-0.25, -0.2) is 0 Å². The quantitative estimate of drug-likeness (QED) is 0.767. The third-order valence-electron chi connectivity index (χ3n) is 3.99. The van der Waals surface area contributed by atoms with E-state index in [2.05, 4.69) is 15.2 Å². The summed E-state index contributed by atoms with van der Waals surface area (Å²) in [7, 11) is 0. The molecule has 0 unspecified atom stereocenters. The van der Waals surface area contributed by atoms with Gasteiger partial charge in [-0.05, 0) is 18.1 Å². The Labute approximate surface area is 154 Å². The summed E-state index contributed by atoms with van der Waals surface area (Å²) in [5.41, 5.74) is 0.811. The number of aromatic nitrogens is 1. The van der Waals surface area contributed by atoms with E-state index in [0.717, 1.165) is 13.1 Å². The molecule has 2 N–H and O–H groups in total. The third kappa shape index (κ3) is 6.26. The predicted octanol–water partition coefficient (Wildman–Crippen LogP) is 0.639. The lowest BCUT2D eigenvalue weighted by atomic mass is 10.2. The lowest BCUT2D eigenvalue weighted by Crippen LogP contribution is -2.49. The number of carbonyl (C=O) groups is 2. The Morgan fingerprint density at radius 2 is 1.92 bits per heavy atom. The molecule has 0 radical (unpaired) electrons. The van der Waals surface area contributed by atoms with Gasteiger partial charge in [0.2, 0.25) is 0 Å². The van der Waals surface area contributed by atoms with Crippen LogP contribution in [0.5, 0.6) is 0 Å². The average Bonchev–Trinajstić information content (AvgIpc) is 2.60. The van der Waals surface area contributed by atoms with E-state index in [1.165, 1.54) is 6.20 Å². The molecule has 2 rings (SSSR count). The molecule has 7 nitrogen and oxygen atoms in total. The minimum atomic E-state index is -0.173. The van der Waals surface area contributed by atoms with Crippen molar-refractivity contribution in [2.75, 3.05) is 45.9 Å². The molecule has 1 aliphatic heterocycles. The maximum absolute atomic E-state index is 12.5. The molecule has 0 bridgehead atoms. The van der Waals surface area contributed by atoms with Crippen LogP contribution in [0.1, 0.15) is 34.7 Å². The lowest BCUT2D eigenvalue weighted by Gasteiger charge is -2.34. The minimum absolute atomic E-state index is 0. The number of halogens is 1. The fourth-order valence-corrected chi connectivity index (χ4v) is 2.53. The van der Waals surface area contributed by atoms with E-state index in [9.17, 15) is 9.59 Å². The van der Waals surface area contributed by atoms with Crippen molar-refractivity contribution in [1.29, 1.82) is 0 Å². The van der Waals surface area contributed by atoms with Crippen LogP contribution in [-0.4, -0.2) is 77.6 Å². The number of nitrogens with zero attached hydrogens (tertiary/aromatic N) is 3. The van der Waals surface area contributed by atoms with E-state index >= 15 is 0 Å². The zero-order valence-corrected chi connectivity index (χ0v) is 15.6. The number of piperazine rings is 1. The SMILES string of the molecule is CC(C)CNC(=O)c1ccc(C(=O)N2CCN(CCO)CC2)nc1.Cl. The van der Waals surface area contributed by atoms with Crippen LogP contribution in [0, 0.1) is 5.92 Å². The van der Waals surface area contributed by atoms with Crippen molar-refractivity contribution < 1.29 is 14.7 Å². The number of aliphatic hydroxyl groups excluding tert-OH is 1. The van der Waals surface area contributed by atoms with Crippen LogP contribution >= 0.6 is 12.4 Å². The molecule has 1 aromatic heterocycles. The zero-order valence-electron chi connectivity index (χ0n) is 14.8. The lowest BCUT2D eigenvalue weighted by molar-refractivity contribution is 0.0609. The van der Waals surface area contributed by atoms with Crippen LogP contribution in [0.15, 0.2) is 18.3 Å². The monoisotopic (exact) mass is 370 g/mol. The second-order valence-corrected chi connectivity index (χ2v) is 6.39. The van der Waals surface area contributed by atoms with Crippen molar-refractivity contribution in [1.82, 2.24) is 20.1 Å². The molecule has 1 aromatic rings. The first kappa shape index (κ1) is 21.3. The molecular formula is C17H27ClN4O3. The first-order valence-electron chi connectivity index (χ1n) is 8.38. The van der Waals surface area contributed by atoms with Crippen molar-refractivity contribution in [3.63, 3.8) is 0 Å². The van der Waals surface area contributed by atoms with Gasteiger partial charge in [-0.1, -0.05) is 13.8 Å². The van der Waals surface area contributed by atoms with Gasteiger partial charge in [-0.2, -0.15) is 0 Å². The highest BCUT2D eigenvalue weighted by atomic mass is 35.5. The van der Waals surface area contributed by atoms with Crippen molar-refractivity contribution in [3.8, 4) is 0 Å². The maximum atomic E-state index is 12.5. The number of β-amino-alcohol motifs (C(OH)–C–C–N with tert-alkyl or cyclic N) is 1. The number of pyridine rings is 1. The normalized spacial score (nSPS) is 15.0. The van der Waals surface area contributed by atoms with Gasteiger partial charge in [0.15, 0.2) is 0 Å². The van der Waals surface area contributed by atoms with Crippen molar-refractivity contribution in [2.45, 2.75) is 13.8 Å². The summed E-state index contributed by atoms with van der Waals surface area (Å²) in [6.07, 6.45) is 1.45. The van der Waals surface area contributed by atoms with E-state index in [-0.39, 0.29) is 30.8 Å². The van der Waals surface area contributed by atoms with Crippen LogP contribution < -0.4 is 5.32 Å². The summed E-state index contributed by atoms with van der Waals surface area (Å²) in [5, 5.41) is 11.8. The Morgan fingerprint density at radius 3 is 2.44 bits per heavy atom. The summed E-state index contributed by atoms with van der Waals surface area (Å²) in [6, 6.07) is 3.24. The second kappa shape index (κ2) is 10.3. The highest BCUT2D eigenvalue weighted by Gasteiger charge is 2.22. The Kier molecular flexibility index (Phi) is 8.82. The molecular weight excluding hydrogens is 344 g/mol. The molecule has 1 fully saturated rings. The van der Waals surface area contributed by atoms with E-state index in [0.29, 0.717) is 43.4 Å². The van der Waals surface area contributed by atoms with E-state index in [1.54, 1.807) is 17.0 Å². The van der Waals surface area contributed by atoms with Crippen LogP contribution in [0.2, 0.25) is 0 Å². The molecule has 25 heavy (non-hydrogen) atoms. The van der Waals surface area contributed by atoms with E-state index < -0.39 is 0 Å². The molecule has 0 aliphatic carbocycles. The van der Waals surface area contributed by atoms with Crippen molar-refractivity contribution in [3.05, 3.63) is 29.6 Å². The first-order chi connectivity index (χ1) is 11.5. The largest absolute Gasteiger partial charge is 0.395 e. The number of rotatable bonds is 6. The molecule has 0 atom stereocenters. The number of hydrogen-bond acceptors (Lipinski definition) is 5. The van der Waals surface area contributed by atoms with Crippen LogP contribution in [0.3, 0.4) is 0 Å². The van der Waals surface area contributed by atoms with Gasteiger partial charge < -0.3 is 15.3 Å². The maximum Gasteiger partial charge on any atom is 0.272 e. The van der Waals surface area contributed by atoms with Gasteiger partial charge in [0.05, 0.1) is 12.2 Å². The number of carbonyl (C=O) groups excluding carboxylic acids is 2. The van der Waals surface area contributed by atoms with Gasteiger partial charge in [0, 0.05) is 45.5 Å². The molecule has 140 valence electrons. The molecule has 0 spiro atoms. The Balaban J connectivity index is 0.00000312. The Morgan fingerprint density at radius 1 is 1.24 bits per heavy atom. The Hall–Kier alpha value is -1.70. The molecule has 0 saturated carbocycles. The number of amides is 2. The number of nitrogens with one attached hydrogen (secondary N) is 1. The highest BCUT2D eigenvalue weighted by Crippen LogP contribution is 2.08. The molecule has 0 aromatic carbocycles. The van der Waals surface area contributed by atoms with Gasteiger partial charge >= 0.3 is 0 Å². The number of hydrogen-bond donors (Lipinski definition) is 2. The van der Waals surface area contributed by atoms with Gasteiger partial charge in [0.1, 0.15) is 5.69 Å². The summed E-state index contributed by atoms with van der Waals surface area (Å²) in [4.78, 5) is 32.4. The van der Waals surface area contributed by atoms with Gasteiger partial charge in [-0.15, -0.1) is 12.4 Å². The smallest absolute Gasteiger partial charge is 0.272 e. The van der Waals surface area contributed by atoms with Crippen LogP contribution in [0.4, 0.5) is 0 Å². The van der Waals surface area contributed by atoms with Gasteiger partial charge in [-0.3, -0.25) is 19.5 Å².